The highest BCUT2D eigenvalue weighted by atomic mass is 35.5. The monoisotopic (exact) mass is 423 g/mol. The Morgan fingerprint density at radius 2 is 2.04 bits per heavy atom. The van der Waals surface area contributed by atoms with Crippen molar-refractivity contribution in [3.63, 3.8) is 0 Å². The molecule has 9 heteroatoms. The summed E-state index contributed by atoms with van der Waals surface area (Å²) in [6, 6.07) is 0. The minimum Gasteiger partial charge on any atom is -0.368 e. The quantitative estimate of drug-likeness (QED) is 0.455. The fraction of sp³-hybridized carbons (Fsp3) is 0.368. The molecule has 0 unspecified atom stereocenters. The van der Waals surface area contributed by atoms with E-state index in [1.807, 2.05) is 11.1 Å². The minimum atomic E-state index is 0.115. The van der Waals surface area contributed by atoms with Crippen LogP contribution in [-0.4, -0.2) is 34.9 Å². The largest absolute Gasteiger partial charge is 0.368 e. The van der Waals surface area contributed by atoms with Crippen LogP contribution in [0.1, 0.15) is 34.9 Å². The van der Waals surface area contributed by atoms with Gasteiger partial charge >= 0.3 is 0 Å². The van der Waals surface area contributed by atoms with Crippen LogP contribution in [0.15, 0.2) is 12.3 Å². The summed E-state index contributed by atoms with van der Waals surface area (Å²) in [6.07, 6.45) is 5.11. The van der Waals surface area contributed by atoms with Crippen LogP contribution in [0.3, 0.4) is 0 Å². The molecular weight excluding hydrogens is 401 g/mol. The maximum Gasteiger partial charge on any atom is 0.223 e. The van der Waals surface area contributed by atoms with Crippen LogP contribution in [0.2, 0.25) is 5.15 Å². The van der Waals surface area contributed by atoms with Gasteiger partial charge in [0.15, 0.2) is 0 Å². The molecule has 0 aromatic carbocycles. The number of pyridine rings is 1. The van der Waals surface area contributed by atoms with Crippen LogP contribution in [0, 0.1) is 13.8 Å². The second-order valence-corrected chi connectivity index (χ2v) is 6.92. The lowest BCUT2D eigenvalue weighted by Gasteiger charge is -2.20. The molecule has 0 bridgehead atoms. The molecule has 0 saturated heterocycles. The average molecular weight is 424 g/mol. The summed E-state index contributed by atoms with van der Waals surface area (Å²) >= 11 is 10.7. The molecule has 0 radical (unpaired) electrons. The van der Waals surface area contributed by atoms with Crippen LogP contribution < -0.4 is 10.6 Å². The molecule has 0 atom stereocenters. The summed E-state index contributed by atoms with van der Waals surface area (Å²) in [7, 11) is 1.39. The second kappa shape index (κ2) is 9.82. The van der Waals surface area contributed by atoms with Crippen LogP contribution in [0.5, 0.6) is 0 Å². The first-order chi connectivity index (χ1) is 13.4. The van der Waals surface area contributed by atoms with Gasteiger partial charge in [-0.3, -0.25) is 14.1 Å². The number of allylic oxidation sites excluding steroid dienone is 1. The van der Waals surface area contributed by atoms with Gasteiger partial charge in [0.25, 0.3) is 0 Å². The Bertz CT molecular complexity index is 902. The number of nitrogens with zero attached hydrogens (tertiary/aromatic N) is 4. The smallest absolute Gasteiger partial charge is 0.223 e. The van der Waals surface area contributed by atoms with Crippen molar-refractivity contribution in [1.29, 1.82) is 0 Å². The van der Waals surface area contributed by atoms with Crippen molar-refractivity contribution < 1.29 is 9.08 Å². The summed E-state index contributed by atoms with van der Waals surface area (Å²) in [6.45, 7) is 7.39. The fourth-order valence-corrected chi connectivity index (χ4v) is 3.65. The topological polar surface area (TPSA) is 94.2 Å². The Hall–Kier alpha value is -2.22. The van der Waals surface area contributed by atoms with Crippen LogP contribution >= 0.6 is 23.5 Å². The second-order valence-electron chi connectivity index (χ2n) is 6.25. The zero-order chi connectivity index (χ0) is 20.8. The lowest BCUT2D eigenvalue weighted by atomic mass is 10.0. The van der Waals surface area contributed by atoms with Crippen molar-refractivity contribution in [3.8, 4) is 0 Å². The standard InChI is InChI=1S/C18H20ClN5O.CH3ClO/c1-4-13-10(2)7-21-14(11(13)3)9-24-8-12(5-6-25)15-16(19)22-18(20)23-17(15)24;1-3-2/h5-7H,4,8-9H2,1-3H3,(H2,20,22,23);1H3/b12-5+;. The number of rotatable bonds is 4. The van der Waals surface area contributed by atoms with Gasteiger partial charge in [-0.2, -0.15) is 4.98 Å². The fourth-order valence-electron chi connectivity index (χ4n) is 3.36. The number of hydrogen-bond acceptors (Lipinski definition) is 7. The first-order valence-corrected chi connectivity index (χ1v) is 9.37. The van der Waals surface area contributed by atoms with E-state index in [2.05, 4.69) is 51.9 Å². The molecule has 1 aliphatic heterocycles. The number of carbonyl (C=O) groups excluding carboxylic acids is 1. The molecular formula is C19H23Cl2N5O2. The molecule has 0 amide bonds. The van der Waals surface area contributed by atoms with E-state index in [4.69, 9.17) is 17.3 Å². The van der Waals surface area contributed by atoms with Gasteiger partial charge in [-0.1, -0.05) is 18.5 Å². The lowest BCUT2D eigenvalue weighted by Crippen LogP contribution is -2.22. The third-order valence-electron chi connectivity index (χ3n) is 4.58. The number of carbonyl (C=O) groups is 1. The molecule has 7 nitrogen and oxygen atoms in total. The molecule has 1 aliphatic rings. The van der Waals surface area contributed by atoms with Crippen molar-refractivity contribution >= 4 is 47.1 Å². The van der Waals surface area contributed by atoms with E-state index in [9.17, 15) is 4.79 Å². The minimum absolute atomic E-state index is 0.115. The van der Waals surface area contributed by atoms with Crippen molar-refractivity contribution in [2.24, 2.45) is 0 Å². The average Bonchev–Trinajstić information content (AvgIpc) is 2.96. The lowest BCUT2D eigenvalue weighted by molar-refractivity contribution is -0.104. The summed E-state index contributed by atoms with van der Waals surface area (Å²) < 4.78 is 3.72. The van der Waals surface area contributed by atoms with E-state index >= 15 is 0 Å². The number of aryl methyl sites for hydroxylation is 1. The first-order valence-electron chi connectivity index (χ1n) is 8.69. The number of aldehydes is 1. The molecule has 3 heterocycles. The van der Waals surface area contributed by atoms with Crippen molar-refractivity contribution in [2.45, 2.75) is 33.7 Å². The zero-order valence-corrected chi connectivity index (χ0v) is 17.8. The Balaban J connectivity index is 0.000000878. The van der Waals surface area contributed by atoms with E-state index in [1.165, 1.54) is 29.9 Å². The molecule has 2 aromatic heterocycles. The molecule has 2 N–H and O–H groups in total. The van der Waals surface area contributed by atoms with E-state index in [0.717, 1.165) is 24.0 Å². The number of nitrogens with two attached hydrogens (primary N) is 1. The number of nitrogen functional groups attached to an aromatic ring is 1. The highest BCUT2D eigenvalue weighted by Crippen LogP contribution is 2.39. The Morgan fingerprint density at radius 3 is 2.64 bits per heavy atom. The number of anilines is 2. The highest BCUT2D eigenvalue weighted by molar-refractivity contribution is 6.32. The van der Waals surface area contributed by atoms with Crippen molar-refractivity contribution in [3.05, 3.63) is 45.4 Å². The maximum absolute atomic E-state index is 11.0. The van der Waals surface area contributed by atoms with Gasteiger partial charge in [-0.05, 0) is 48.6 Å². The van der Waals surface area contributed by atoms with Crippen LogP contribution in [0.25, 0.3) is 5.57 Å². The molecule has 150 valence electrons. The molecule has 0 saturated carbocycles. The van der Waals surface area contributed by atoms with Gasteiger partial charge in [-0.15, -0.1) is 0 Å². The molecule has 3 rings (SSSR count). The third kappa shape index (κ3) is 4.60. The Morgan fingerprint density at radius 1 is 1.36 bits per heavy atom. The molecule has 28 heavy (non-hydrogen) atoms. The molecule has 2 aromatic rings. The number of fused-ring (bicyclic) bond motifs is 1. The molecule has 0 aliphatic carbocycles. The zero-order valence-electron chi connectivity index (χ0n) is 16.3. The SMILES string of the molecule is CCc1c(C)cnc(CN2C/C(=C\C=O)c3c(Cl)nc(N)nc32)c1C.COCl. The summed E-state index contributed by atoms with van der Waals surface area (Å²) in [5.74, 6) is 0.759. The predicted molar refractivity (Wildman–Crippen MR) is 112 cm³/mol. The number of halogens is 2. The molecule has 0 fully saturated rings. The van der Waals surface area contributed by atoms with Gasteiger partial charge in [-0.25, -0.2) is 4.98 Å². The van der Waals surface area contributed by atoms with Gasteiger partial charge < -0.3 is 10.6 Å². The number of aromatic nitrogens is 3. The van der Waals surface area contributed by atoms with Crippen molar-refractivity contribution in [1.82, 2.24) is 15.0 Å². The summed E-state index contributed by atoms with van der Waals surface area (Å²) in [4.78, 5) is 25.9. The van der Waals surface area contributed by atoms with Gasteiger partial charge in [0, 0.05) is 12.7 Å². The summed E-state index contributed by atoms with van der Waals surface area (Å²) in [5.41, 5.74) is 11.9. The highest BCUT2D eigenvalue weighted by Gasteiger charge is 2.29. The van der Waals surface area contributed by atoms with Gasteiger partial charge in [0.1, 0.15) is 17.3 Å². The summed E-state index contributed by atoms with van der Waals surface area (Å²) in [5, 5.41) is 0.265. The predicted octanol–water partition coefficient (Wildman–Crippen LogP) is 3.68. The van der Waals surface area contributed by atoms with Gasteiger partial charge in [0.2, 0.25) is 5.95 Å². The van der Waals surface area contributed by atoms with E-state index in [1.54, 1.807) is 0 Å². The first kappa shape index (κ1) is 22.1. The van der Waals surface area contributed by atoms with Crippen LogP contribution in [0.4, 0.5) is 11.8 Å². The third-order valence-corrected chi connectivity index (χ3v) is 4.86. The Labute approximate surface area is 174 Å². The van der Waals surface area contributed by atoms with E-state index in [-0.39, 0.29) is 11.1 Å². The van der Waals surface area contributed by atoms with E-state index in [0.29, 0.717) is 24.5 Å². The van der Waals surface area contributed by atoms with E-state index < -0.39 is 0 Å². The normalized spacial score (nSPS) is 13.9. The maximum atomic E-state index is 11.0. The number of hydrogen-bond donors (Lipinski definition) is 1. The Kier molecular flexibility index (Phi) is 7.74. The van der Waals surface area contributed by atoms with Crippen LogP contribution in [-0.2, 0) is 22.0 Å². The van der Waals surface area contributed by atoms with Gasteiger partial charge in [0.05, 0.1) is 36.8 Å². The molecule has 0 spiro atoms. The van der Waals surface area contributed by atoms with Crippen molar-refractivity contribution in [2.75, 3.05) is 24.3 Å².